The van der Waals surface area contributed by atoms with Gasteiger partial charge in [0.05, 0.1) is 6.04 Å². The van der Waals surface area contributed by atoms with E-state index in [1.807, 2.05) is 45.3 Å². The maximum atomic E-state index is 12.2. The van der Waals surface area contributed by atoms with Crippen molar-refractivity contribution in [2.24, 2.45) is 11.8 Å². The molecule has 1 heterocycles. The Labute approximate surface area is 156 Å². The molecule has 23 heavy (non-hydrogen) atoms. The highest BCUT2D eigenvalue weighted by Crippen LogP contribution is 2.25. The Kier molecular flexibility index (Phi) is 10.1. The highest BCUT2D eigenvalue weighted by atomic mass is 35.5. The predicted octanol–water partition coefficient (Wildman–Crippen LogP) is 2.76. The number of halogens is 3. The molecule has 0 aliphatic carbocycles. The molecule has 1 saturated heterocycles. The van der Waals surface area contributed by atoms with Gasteiger partial charge in [-0.2, -0.15) is 0 Å². The number of rotatable bonds is 6. The number of likely N-dealkylation sites (N-methyl/N-ethyl adjacent to an activating group) is 1. The van der Waals surface area contributed by atoms with E-state index in [1.165, 1.54) is 0 Å². The van der Waals surface area contributed by atoms with Crippen molar-refractivity contribution in [2.45, 2.75) is 13.0 Å². The summed E-state index contributed by atoms with van der Waals surface area (Å²) in [6.45, 7) is 4.45. The van der Waals surface area contributed by atoms with Gasteiger partial charge in [-0.15, -0.1) is 24.8 Å². The van der Waals surface area contributed by atoms with Gasteiger partial charge in [0.25, 0.3) is 0 Å². The Hall–Kier alpha value is -0.520. The van der Waals surface area contributed by atoms with Crippen molar-refractivity contribution in [3.8, 4) is 0 Å². The molecule has 1 aliphatic heterocycles. The Bertz CT molecular complexity index is 495. The van der Waals surface area contributed by atoms with Crippen molar-refractivity contribution < 1.29 is 4.79 Å². The van der Waals surface area contributed by atoms with Gasteiger partial charge >= 0.3 is 0 Å². The molecule has 1 amide bonds. The van der Waals surface area contributed by atoms with E-state index in [0.29, 0.717) is 12.5 Å². The molecule has 4 nitrogen and oxygen atoms in total. The van der Waals surface area contributed by atoms with Gasteiger partial charge in [0.15, 0.2) is 0 Å². The zero-order chi connectivity index (χ0) is 15.4. The van der Waals surface area contributed by atoms with Gasteiger partial charge < -0.3 is 15.5 Å². The van der Waals surface area contributed by atoms with E-state index >= 15 is 0 Å². The topological polar surface area (TPSA) is 44.4 Å². The minimum atomic E-state index is 0. The fourth-order valence-electron chi connectivity index (χ4n) is 2.55. The third-order valence-electron chi connectivity index (χ3n) is 4.29. The summed E-state index contributed by atoms with van der Waals surface area (Å²) in [7, 11) is 4.00. The van der Waals surface area contributed by atoms with Crippen molar-refractivity contribution in [2.75, 3.05) is 33.7 Å². The smallest absolute Gasteiger partial charge is 0.223 e. The van der Waals surface area contributed by atoms with Crippen molar-refractivity contribution >= 4 is 42.3 Å². The van der Waals surface area contributed by atoms with Gasteiger partial charge in [-0.1, -0.05) is 36.7 Å². The van der Waals surface area contributed by atoms with Gasteiger partial charge in [0.2, 0.25) is 5.91 Å². The first-order valence-electron chi connectivity index (χ1n) is 7.40. The summed E-state index contributed by atoms with van der Waals surface area (Å²) in [5, 5.41) is 7.02. The highest BCUT2D eigenvalue weighted by Gasteiger charge is 2.29. The number of nitrogens with zero attached hydrogens (tertiary/aromatic N) is 1. The van der Waals surface area contributed by atoms with Gasteiger partial charge in [-0.25, -0.2) is 0 Å². The molecule has 0 aromatic heterocycles. The molecule has 0 saturated carbocycles. The van der Waals surface area contributed by atoms with E-state index < -0.39 is 0 Å². The highest BCUT2D eigenvalue weighted by molar-refractivity contribution is 6.31. The van der Waals surface area contributed by atoms with Crippen LogP contribution >= 0.6 is 36.4 Å². The summed E-state index contributed by atoms with van der Waals surface area (Å²) in [6, 6.07) is 7.87. The van der Waals surface area contributed by atoms with Crippen LogP contribution in [0.1, 0.15) is 18.5 Å². The van der Waals surface area contributed by atoms with Crippen LogP contribution in [0, 0.1) is 11.8 Å². The lowest BCUT2D eigenvalue weighted by Crippen LogP contribution is -2.50. The minimum absolute atomic E-state index is 0. The Balaban J connectivity index is 0.00000242. The second-order valence-electron chi connectivity index (χ2n) is 5.95. The summed E-state index contributed by atoms with van der Waals surface area (Å²) >= 11 is 6.28. The van der Waals surface area contributed by atoms with Crippen LogP contribution < -0.4 is 10.6 Å². The fraction of sp³-hybridized carbons (Fsp3) is 0.562. The van der Waals surface area contributed by atoms with Crippen LogP contribution in [0.4, 0.5) is 0 Å². The fourth-order valence-corrected chi connectivity index (χ4v) is 2.81. The number of carbonyl (C=O) groups excluding carboxylic acids is 1. The second kappa shape index (κ2) is 10.4. The molecule has 2 rings (SSSR count). The van der Waals surface area contributed by atoms with E-state index in [1.54, 1.807) is 0 Å². The van der Waals surface area contributed by atoms with Crippen LogP contribution in [-0.4, -0.2) is 44.5 Å². The first-order valence-corrected chi connectivity index (χ1v) is 7.77. The molecule has 0 bridgehead atoms. The Morgan fingerprint density at radius 2 is 1.96 bits per heavy atom. The number of amides is 1. The second-order valence-corrected chi connectivity index (χ2v) is 6.36. The predicted molar refractivity (Wildman–Crippen MR) is 101 cm³/mol. The number of carbonyl (C=O) groups is 1. The van der Waals surface area contributed by atoms with Gasteiger partial charge in [0, 0.05) is 17.5 Å². The quantitative estimate of drug-likeness (QED) is 0.795. The molecule has 2 N–H and O–H groups in total. The molecule has 2 atom stereocenters. The summed E-state index contributed by atoms with van der Waals surface area (Å²) in [6.07, 6.45) is 0. The van der Waals surface area contributed by atoms with Crippen molar-refractivity contribution in [3.63, 3.8) is 0 Å². The molecule has 0 radical (unpaired) electrons. The molecule has 1 aromatic carbocycles. The van der Waals surface area contributed by atoms with E-state index in [2.05, 4.69) is 15.5 Å². The van der Waals surface area contributed by atoms with E-state index in [0.717, 1.165) is 23.7 Å². The molecule has 2 unspecified atom stereocenters. The van der Waals surface area contributed by atoms with Crippen LogP contribution in [0.15, 0.2) is 24.3 Å². The summed E-state index contributed by atoms with van der Waals surface area (Å²) in [5.41, 5.74) is 1.04. The minimum Gasteiger partial charge on any atom is -0.354 e. The third-order valence-corrected chi connectivity index (χ3v) is 4.64. The van der Waals surface area contributed by atoms with Crippen LogP contribution in [0.3, 0.4) is 0 Å². The average molecular weight is 383 g/mol. The molecule has 1 aromatic rings. The van der Waals surface area contributed by atoms with Crippen LogP contribution in [-0.2, 0) is 4.79 Å². The standard InChI is InChI=1S/C16H24ClN3O.2ClH/c1-11(12-8-18-9-12)16(21)19-10-15(20(2)3)13-6-4-5-7-14(13)17;;/h4-7,11-12,15,18H,8-10H2,1-3H3,(H,19,21);2*1H. The first-order chi connectivity index (χ1) is 10.0. The van der Waals surface area contributed by atoms with Crippen molar-refractivity contribution in [1.82, 2.24) is 15.5 Å². The summed E-state index contributed by atoms with van der Waals surface area (Å²) in [4.78, 5) is 14.3. The van der Waals surface area contributed by atoms with Gasteiger partial charge in [0.1, 0.15) is 0 Å². The SMILES string of the molecule is CC(C(=O)NCC(c1ccccc1Cl)N(C)C)C1CNC1.Cl.Cl. The monoisotopic (exact) mass is 381 g/mol. The van der Waals surface area contributed by atoms with Crippen LogP contribution in [0.2, 0.25) is 5.02 Å². The van der Waals surface area contributed by atoms with Crippen LogP contribution in [0.25, 0.3) is 0 Å². The lowest BCUT2D eigenvalue weighted by Gasteiger charge is -2.32. The van der Waals surface area contributed by atoms with Crippen molar-refractivity contribution in [1.29, 1.82) is 0 Å². The maximum absolute atomic E-state index is 12.2. The Morgan fingerprint density at radius 1 is 1.35 bits per heavy atom. The Morgan fingerprint density at radius 3 is 2.43 bits per heavy atom. The maximum Gasteiger partial charge on any atom is 0.223 e. The molecular formula is C16H26Cl3N3O. The van der Waals surface area contributed by atoms with Gasteiger partial charge in [-0.3, -0.25) is 4.79 Å². The van der Waals surface area contributed by atoms with E-state index in [9.17, 15) is 4.79 Å². The van der Waals surface area contributed by atoms with Crippen molar-refractivity contribution in [3.05, 3.63) is 34.9 Å². The number of hydrogen-bond donors (Lipinski definition) is 2. The summed E-state index contributed by atoms with van der Waals surface area (Å²) in [5.74, 6) is 0.642. The lowest BCUT2D eigenvalue weighted by atomic mass is 9.88. The van der Waals surface area contributed by atoms with Gasteiger partial charge in [-0.05, 0) is 44.7 Å². The van der Waals surface area contributed by atoms with Crippen LogP contribution in [0.5, 0.6) is 0 Å². The summed E-state index contributed by atoms with van der Waals surface area (Å²) < 4.78 is 0. The third kappa shape index (κ3) is 5.80. The number of benzene rings is 1. The molecule has 1 fully saturated rings. The molecule has 7 heteroatoms. The molecule has 132 valence electrons. The lowest BCUT2D eigenvalue weighted by molar-refractivity contribution is -0.126. The largest absolute Gasteiger partial charge is 0.354 e. The molecule has 0 spiro atoms. The molecular weight excluding hydrogens is 357 g/mol. The van der Waals surface area contributed by atoms with E-state index in [4.69, 9.17) is 11.6 Å². The average Bonchev–Trinajstić information content (AvgIpc) is 2.38. The zero-order valence-electron chi connectivity index (χ0n) is 13.7. The number of hydrogen-bond acceptors (Lipinski definition) is 3. The first kappa shape index (κ1) is 22.5. The normalized spacial score (nSPS) is 16.6. The zero-order valence-corrected chi connectivity index (χ0v) is 16.1. The van der Waals surface area contributed by atoms with E-state index in [-0.39, 0.29) is 42.7 Å². The molecule has 1 aliphatic rings. The number of nitrogens with one attached hydrogen (secondary N) is 2.